The molecule has 0 saturated heterocycles. The Kier molecular flexibility index (Phi) is 4.96. The fourth-order valence-corrected chi connectivity index (χ4v) is 5.22. The van der Waals surface area contributed by atoms with Crippen molar-refractivity contribution in [2.24, 2.45) is 0 Å². The average molecular weight is 403 g/mol. The zero-order chi connectivity index (χ0) is 19.8. The topological polar surface area (TPSA) is 36.1 Å². The smallest absolute Gasteiger partial charge is 0.250 e. The molecule has 3 aromatic rings. The minimum Gasteiger partial charge on any atom is -0.356 e. The number of benzene rings is 2. The highest BCUT2D eigenvalue weighted by atomic mass is 32.2. The number of H-pyrrole nitrogens is 1. The van der Waals surface area contributed by atoms with Crippen LogP contribution >= 0.6 is 11.8 Å². The maximum atomic E-state index is 13.5. The van der Waals surface area contributed by atoms with E-state index in [0.29, 0.717) is 0 Å². The summed E-state index contributed by atoms with van der Waals surface area (Å²) in [5, 5.41) is 1.29. The summed E-state index contributed by atoms with van der Waals surface area (Å²) in [5.74, 6) is 0.216. The second-order valence-corrected chi connectivity index (χ2v) is 8.84. The number of allylic oxidation sites excluding steroid dienone is 1. The van der Waals surface area contributed by atoms with Gasteiger partial charge in [-0.05, 0) is 67.7 Å². The summed E-state index contributed by atoms with van der Waals surface area (Å²) in [6, 6.07) is 17.2. The van der Waals surface area contributed by atoms with Crippen molar-refractivity contribution >= 4 is 28.6 Å². The van der Waals surface area contributed by atoms with E-state index in [1.165, 1.54) is 33.5 Å². The summed E-state index contributed by atoms with van der Waals surface area (Å²) >= 11 is 1.75. The van der Waals surface area contributed by atoms with Crippen LogP contribution in [-0.2, 0) is 11.2 Å². The number of fused-ring (bicyclic) bond motifs is 3. The van der Waals surface area contributed by atoms with Gasteiger partial charge < -0.3 is 9.88 Å². The molecule has 3 nitrogen and oxygen atoms in total. The molecular formula is C25H26N2OS. The Morgan fingerprint density at radius 2 is 1.90 bits per heavy atom. The van der Waals surface area contributed by atoms with Crippen molar-refractivity contribution in [3.05, 3.63) is 77.0 Å². The van der Waals surface area contributed by atoms with E-state index < -0.39 is 0 Å². The number of hydrogen-bond donors (Lipinski definition) is 1. The number of nitrogens with zero attached hydrogens (tertiary/aromatic N) is 1. The lowest BCUT2D eigenvalue weighted by Gasteiger charge is -2.37. The van der Waals surface area contributed by atoms with E-state index >= 15 is 0 Å². The van der Waals surface area contributed by atoms with E-state index in [-0.39, 0.29) is 11.9 Å². The summed E-state index contributed by atoms with van der Waals surface area (Å²) in [5.41, 5.74) is 5.89. The van der Waals surface area contributed by atoms with E-state index in [4.69, 9.17) is 0 Å². The third-order valence-electron chi connectivity index (χ3n) is 6.29. The van der Waals surface area contributed by atoms with Crippen molar-refractivity contribution < 1.29 is 4.79 Å². The lowest BCUT2D eigenvalue weighted by Crippen LogP contribution is -2.41. The highest BCUT2D eigenvalue weighted by molar-refractivity contribution is 7.98. The lowest BCUT2D eigenvalue weighted by molar-refractivity contribution is -0.129. The molecule has 2 aliphatic rings. The number of para-hydroxylation sites is 1. The molecule has 4 heteroatoms. The van der Waals surface area contributed by atoms with Gasteiger partial charge in [-0.15, -0.1) is 11.8 Å². The quantitative estimate of drug-likeness (QED) is 0.557. The predicted molar refractivity (Wildman–Crippen MR) is 120 cm³/mol. The minimum absolute atomic E-state index is 0.0580. The van der Waals surface area contributed by atoms with E-state index in [0.717, 1.165) is 43.3 Å². The third-order valence-corrected chi connectivity index (χ3v) is 7.04. The monoisotopic (exact) mass is 402 g/mol. The number of aromatic nitrogens is 1. The minimum atomic E-state index is -0.0580. The van der Waals surface area contributed by atoms with Crippen molar-refractivity contribution in [2.45, 2.75) is 43.0 Å². The Hall–Kier alpha value is -2.46. The Morgan fingerprint density at radius 3 is 2.66 bits per heavy atom. The van der Waals surface area contributed by atoms with Crippen LogP contribution in [0.15, 0.2) is 65.1 Å². The first-order valence-electron chi connectivity index (χ1n) is 10.5. The average Bonchev–Trinajstić information content (AvgIpc) is 3.17. The Labute approximate surface area is 176 Å². The Bertz CT molecular complexity index is 1080. The van der Waals surface area contributed by atoms with Gasteiger partial charge in [-0.1, -0.05) is 36.4 Å². The maximum Gasteiger partial charge on any atom is 0.250 e. The van der Waals surface area contributed by atoms with Gasteiger partial charge in [0.05, 0.1) is 6.04 Å². The van der Waals surface area contributed by atoms with Crippen LogP contribution < -0.4 is 0 Å². The van der Waals surface area contributed by atoms with E-state index in [9.17, 15) is 4.79 Å². The first kappa shape index (κ1) is 18.6. The lowest BCUT2D eigenvalue weighted by atomic mass is 9.90. The zero-order valence-electron chi connectivity index (χ0n) is 16.8. The Morgan fingerprint density at radius 1 is 1.07 bits per heavy atom. The highest BCUT2D eigenvalue weighted by Crippen LogP contribution is 2.40. The van der Waals surface area contributed by atoms with Crippen LogP contribution in [0.3, 0.4) is 0 Å². The summed E-state index contributed by atoms with van der Waals surface area (Å²) in [4.78, 5) is 20.5. The van der Waals surface area contributed by atoms with Crippen LogP contribution in [0.2, 0.25) is 0 Å². The van der Waals surface area contributed by atoms with Gasteiger partial charge in [0, 0.05) is 33.6 Å². The normalized spacial score (nSPS) is 19.1. The van der Waals surface area contributed by atoms with E-state index in [1.807, 2.05) is 0 Å². The van der Waals surface area contributed by atoms with Crippen LogP contribution in [-0.4, -0.2) is 28.6 Å². The largest absolute Gasteiger partial charge is 0.356 e. The van der Waals surface area contributed by atoms with Crippen LogP contribution in [0.25, 0.3) is 10.9 Å². The second-order valence-electron chi connectivity index (χ2n) is 7.96. The standard InChI is InChI=1S/C25H26N2OS/c1-29-19-13-11-17(12-14-19)24-23-21(20-9-5-6-10-22(20)26-23)15-16-27(24)25(28)18-7-3-2-4-8-18/h5-7,9-14,24,26H,2-4,8,15-16H2,1H3. The molecule has 5 rings (SSSR count). The molecule has 1 aliphatic heterocycles. The van der Waals surface area contributed by atoms with Gasteiger partial charge in [0.2, 0.25) is 5.91 Å². The van der Waals surface area contributed by atoms with Gasteiger partial charge in [-0.25, -0.2) is 0 Å². The number of aromatic amines is 1. The highest BCUT2D eigenvalue weighted by Gasteiger charge is 2.35. The summed E-state index contributed by atoms with van der Waals surface area (Å²) in [6.07, 6.45) is 9.42. The van der Waals surface area contributed by atoms with Gasteiger partial charge in [-0.3, -0.25) is 4.79 Å². The number of hydrogen-bond acceptors (Lipinski definition) is 2. The number of carbonyl (C=O) groups excluding carboxylic acids is 1. The van der Waals surface area contributed by atoms with Crippen molar-refractivity contribution in [2.75, 3.05) is 12.8 Å². The Balaban J connectivity index is 1.62. The van der Waals surface area contributed by atoms with Crippen LogP contribution in [0.4, 0.5) is 0 Å². The van der Waals surface area contributed by atoms with Gasteiger partial charge in [0.1, 0.15) is 0 Å². The first-order valence-corrected chi connectivity index (χ1v) is 11.7. The summed E-state index contributed by atoms with van der Waals surface area (Å²) in [7, 11) is 0. The number of amides is 1. The predicted octanol–water partition coefficient (Wildman–Crippen LogP) is 5.86. The molecule has 1 amide bonds. The molecule has 1 unspecified atom stereocenters. The molecule has 29 heavy (non-hydrogen) atoms. The number of thioether (sulfide) groups is 1. The molecule has 1 aliphatic carbocycles. The van der Waals surface area contributed by atoms with Crippen LogP contribution in [0.5, 0.6) is 0 Å². The molecular weight excluding hydrogens is 376 g/mol. The van der Waals surface area contributed by atoms with Gasteiger partial charge in [0.25, 0.3) is 0 Å². The molecule has 148 valence electrons. The zero-order valence-corrected chi connectivity index (χ0v) is 17.6. The van der Waals surface area contributed by atoms with Crippen molar-refractivity contribution in [1.29, 1.82) is 0 Å². The maximum absolute atomic E-state index is 13.5. The summed E-state index contributed by atoms with van der Waals surface area (Å²) < 4.78 is 0. The van der Waals surface area contributed by atoms with E-state index in [2.05, 4.69) is 70.7 Å². The van der Waals surface area contributed by atoms with Crippen molar-refractivity contribution in [3.8, 4) is 0 Å². The SMILES string of the molecule is CSc1ccc(C2c3[nH]c4ccccc4c3CCN2C(=O)C2=CCCCC2)cc1. The molecule has 0 spiro atoms. The fourth-order valence-electron chi connectivity index (χ4n) is 4.81. The second kappa shape index (κ2) is 7.75. The molecule has 2 aromatic carbocycles. The summed E-state index contributed by atoms with van der Waals surface area (Å²) in [6.45, 7) is 0.764. The van der Waals surface area contributed by atoms with Crippen LogP contribution in [0, 0.1) is 0 Å². The van der Waals surface area contributed by atoms with Gasteiger partial charge in [0.15, 0.2) is 0 Å². The molecule has 2 heterocycles. The molecule has 1 aromatic heterocycles. The number of rotatable bonds is 3. The molecule has 0 saturated carbocycles. The first-order chi connectivity index (χ1) is 14.3. The molecule has 1 N–H and O–H groups in total. The molecule has 0 bridgehead atoms. The molecule has 0 fully saturated rings. The van der Waals surface area contributed by atoms with Gasteiger partial charge in [-0.2, -0.15) is 0 Å². The molecule has 0 radical (unpaired) electrons. The van der Waals surface area contributed by atoms with Crippen LogP contribution in [0.1, 0.15) is 48.5 Å². The fraction of sp³-hybridized carbons (Fsp3) is 0.320. The van der Waals surface area contributed by atoms with Gasteiger partial charge >= 0.3 is 0 Å². The molecule has 1 atom stereocenters. The van der Waals surface area contributed by atoms with Crippen molar-refractivity contribution in [3.63, 3.8) is 0 Å². The number of carbonyl (C=O) groups is 1. The van der Waals surface area contributed by atoms with Crippen molar-refractivity contribution in [1.82, 2.24) is 9.88 Å². The van der Waals surface area contributed by atoms with E-state index in [1.54, 1.807) is 11.8 Å². The third kappa shape index (κ3) is 3.29. The number of nitrogens with one attached hydrogen (secondary N) is 1.